The van der Waals surface area contributed by atoms with Gasteiger partial charge >= 0.3 is 0 Å². The fourth-order valence-corrected chi connectivity index (χ4v) is 7.24. The van der Waals surface area contributed by atoms with Crippen LogP contribution >= 0.6 is 0 Å². The van der Waals surface area contributed by atoms with Crippen molar-refractivity contribution in [2.75, 3.05) is 11.5 Å². The van der Waals surface area contributed by atoms with Gasteiger partial charge in [-0.3, -0.25) is 0 Å². The number of hydrogen-bond acceptors (Lipinski definition) is 5. The normalized spacial score (nSPS) is 26.6. The van der Waals surface area contributed by atoms with E-state index in [1.807, 2.05) is 13.8 Å². The highest BCUT2D eigenvalue weighted by atomic mass is 32.2. The van der Waals surface area contributed by atoms with E-state index in [1.165, 1.54) is 12.1 Å². The van der Waals surface area contributed by atoms with E-state index in [4.69, 9.17) is 0 Å². The zero-order valence-electron chi connectivity index (χ0n) is 12.2. The van der Waals surface area contributed by atoms with Gasteiger partial charge < -0.3 is 5.32 Å². The van der Waals surface area contributed by atoms with E-state index < -0.39 is 31.0 Å². The van der Waals surface area contributed by atoms with Crippen LogP contribution < -0.4 is 5.32 Å². The largest absolute Gasteiger partial charge is 0.309 e. The van der Waals surface area contributed by atoms with E-state index >= 15 is 0 Å². The molecule has 0 aromatic heterocycles. The van der Waals surface area contributed by atoms with Gasteiger partial charge in [-0.1, -0.05) is 25.1 Å². The Morgan fingerprint density at radius 3 is 2.43 bits per heavy atom. The Balaban J connectivity index is 2.35. The van der Waals surface area contributed by atoms with Gasteiger partial charge in [-0.2, -0.15) is 0 Å². The molecule has 1 N–H and O–H groups in total. The third-order valence-electron chi connectivity index (χ3n) is 3.88. The molecule has 0 unspecified atom stereocenters. The van der Waals surface area contributed by atoms with Crippen molar-refractivity contribution in [1.29, 1.82) is 0 Å². The van der Waals surface area contributed by atoms with Crippen LogP contribution in [0.25, 0.3) is 0 Å². The van der Waals surface area contributed by atoms with Gasteiger partial charge in [-0.05, 0) is 25.5 Å². The van der Waals surface area contributed by atoms with Gasteiger partial charge in [-0.15, -0.1) is 0 Å². The Bertz CT molecular complexity index is 683. The molecule has 0 bridgehead atoms. The average Bonchev–Trinajstić information content (AvgIpc) is 2.75. The van der Waals surface area contributed by atoms with Crippen LogP contribution in [0.2, 0.25) is 0 Å². The first kappa shape index (κ1) is 16.5. The van der Waals surface area contributed by atoms with E-state index in [0.717, 1.165) is 6.42 Å². The molecule has 7 heteroatoms. The van der Waals surface area contributed by atoms with Gasteiger partial charge in [0.2, 0.25) is 0 Å². The van der Waals surface area contributed by atoms with E-state index in [9.17, 15) is 16.8 Å². The minimum atomic E-state index is -3.65. The van der Waals surface area contributed by atoms with Crippen molar-refractivity contribution < 1.29 is 16.8 Å². The van der Waals surface area contributed by atoms with Gasteiger partial charge in [0.1, 0.15) is 0 Å². The Morgan fingerprint density at radius 2 is 1.86 bits per heavy atom. The molecule has 1 saturated heterocycles. The predicted molar refractivity (Wildman–Crippen MR) is 82.7 cm³/mol. The summed E-state index contributed by atoms with van der Waals surface area (Å²) in [5.74, 6) is -0.424. The molecule has 0 spiro atoms. The first-order valence-corrected chi connectivity index (χ1v) is 10.4. The summed E-state index contributed by atoms with van der Waals surface area (Å²) >= 11 is 0. The minimum Gasteiger partial charge on any atom is -0.309 e. The molecule has 1 heterocycles. The van der Waals surface area contributed by atoms with Gasteiger partial charge in [0, 0.05) is 12.1 Å². The standard InChI is InChI=1S/C14H21NO4S2/c1-3-11(2)15-13-9-20(16,17)10-14(13)21(18,19)12-7-5-4-6-8-12/h4-8,11,13-15H,3,9-10H2,1-2H3/t11-,13-,14-/m0/s1. The SMILES string of the molecule is CC[C@H](C)N[C@H]1CS(=O)(=O)C[C@@H]1S(=O)(=O)c1ccccc1. The Morgan fingerprint density at radius 1 is 1.24 bits per heavy atom. The molecule has 0 aliphatic carbocycles. The predicted octanol–water partition coefficient (Wildman–Crippen LogP) is 1.01. The van der Waals surface area contributed by atoms with Crippen LogP contribution in [0.1, 0.15) is 20.3 Å². The maximum absolute atomic E-state index is 12.7. The fourth-order valence-electron chi connectivity index (χ4n) is 2.54. The number of nitrogens with one attached hydrogen (secondary N) is 1. The van der Waals surface area contributed by atoms with Crippen molar-refractivity contribution in [1.82, 2.24) is 5.32 Å². The summed E-state index contributed by atoms with van der Waals surface area (Å²) in [6.07, 6.45) is 0.814. The van der Waals surface area contributed by atoms with Crippen LogP contribution in [0.5, 0.6) is 0 Å². The molecule has 1 fully saturated rings. The summed E-state index contributed by atoms with van der Waals surface area (Å²) in [6, 6.07) is 7.59. The highest BCUT2D eigenvalue weighted by Gasteiger charge is 2.45. The van der Waals surface area contributed by atoms with E-state index in [2.05, 4.69) is 5.32 Å². The Kier molecular flexibility index (Phi) is 4.75. The van der Waals surface area contributed by atoms with Crippen molar-refractivity contribution in [2.24, 2.45) is 0 Å². The molecule has 1 aromatic carbocycles. The van der Waals surface area contributed by atoms with E-state index in [0.29, 0.717) is 0 Å². The third-order valence-corrected chi connectivity index (χ3v) is 8.05. The van der Waals surface area contributed by atoms with Crippen molar-refractivity contribution in [3.8, 4) is 0 Å². The maximum Gasteiger partial charge on any atom is 0.183 e. The number of hydrogen-bond donors (Lipinski definition) is 1. The molecule has 1 aliphatic heterocycles. The second kappa shape index (κ2) is 6.06. The number of benzene rings is 1. The number of rotatable bonds is 5. The van der Waals surface area contributed by atoms with E-state index in [1.54, 1.807) is 18.2 Å². The second-order valence-electron chi connectivity index (χ2n) is 5.56. The van der Waals surface area contributed by atoms with Crippen molar-refractivity contribution >= 4 is 19.7 Å². The first-order chi connectivity index (χ1) is 9.76. The summed E-state index contributed by atoms with van der Waals surface area (Å²) in [4.78, 5) is 0.183. The summed E-state index contributed by atoms with van der Waals surface area (Å²) in [5, 5.41) is 2.23. The molecule has 118 valence electrons. The Labute approximate surface area is 126 Å². The topological polar surface area (TPSA) is 80.3 Å². The average molecular weight is 331 g/mol. The molecule has 1 aliphatic rings. The molecular formula is C14H21NO4S2. The van der Waals surface area contributed by atoms with Crippen molar-refractivity contribution in [3.63, 3.8) is 0 Å². The third kappa shape index (κ3) is 3.64. The summed E-state index contributed by atoms with van der Waals surface area (Å²) in [6.45, 7) is 3.90. The molecule has 0 radical (unpaired) electrons. The first-order valence-electron chi connectivity index (χ1n) is 7.01. The molecule has 0 amide bonds. The minimum absolute atomic E-state index is 0.0803. The van der Waals surface area contributed by atoms with Gasteiger partial charge in [-0.25, -0.2) is 16.8 Å². The highest BCUT2D eigenvalue weighted by molar-refractivity contribution is 7.96. The molecule has 1 aromatic rings. The Hall–Kier alpha value is -0.920. The van der Waals surface area contributed by atoms with Gasteiger partial charge in [0.05, 0.1) is 21.7 Å². The lowest BCUT2D eigenvalue weighted by Crippen LogP contribution is -2.46. The molecule has 5 nitrogen and oxygen atoms in total. The quantitative estimate of drug-likeness (QED) is 0.871. The van der Waals surface area contributed by atoms with Gasteiger partial charge in [0.15, 0.2) is 19.7 Å². The molecule has 3 atom stereocenters. The zero-order valence-corrected chi connectivity index (χ0v) is 13.8. The van der Waals surface area contributed by atoms with Crippen LogP contribution in [-0.4, -0.2) is 45.7 Å². The van der Waals surface area contributed by atoms with Crippen LogP contribution in [-0.2, 0) is 19.7 Å². The number of sulfone groups is 2. The summed E-state index contributed by atoms with van der Waals surface area (Å²) < 4.78 is 49.2. The van der Waals surface area contributed by atoms with E-state index in [-0.39, 0.29) is 22.4 Å². The molecule has 21 heavy (non-hydrogen) atoms. The second-order valence-corrected chi connectivity index (χ2v) is 9.88. The van der Waals surface area contributed by atoms with Gasteiger partial charge in [0.25, 0.3) is 0 Å². The molecule has 0 saturated carbocycles. The monoisotopic (exact) mass is 331 g/mol. The lowest BCUT2D eigenvalue weighted by molar-refractivity contribution is 0.456. The lowest BCUT2D eigenvalue weighted by Gasteiger charge is -2.23. The summed E-state index contributed by atoms with van der Waals surface area (Å²) in [7, 11) is -6.99. The zero-order chi connectivity index (χ0) is 15.7. The smallest absolute Gasteiger partial charge is 0.183 e. The molecular weight excluding hydrogens is 310 g/mol. The van der Waals surface area contributed by atoms with Crippen molar-refractivity contribution in [3.05, 3.63) is 30.3 Å². The van der Waals surface area contributed by atoms with Crippen LogP contribution in [0.3, 0.4) is 0 Å². The highest BCUT2D eigenvalue weighted by Crippen LogP contribution is 2.26. The van der Waals surface area contributed by atoms with Crippen LogP contribution in [0.15, 0.2) is 35.2 Å². The summed E-state index contributed by atoms with van der Waals surface area (Å²) in [5.41, 5.74) is 0. The molecule has 2 rings (SSSR count). The van der Waals surface area contributed by atoms with Crippen LogP contribution in [0.4, 0.5) is 0 Å². The fraction of sp³-hybridized carbons (Fsp3) is 0.571. The van der Waals surface area contributed by atoms with Crippen LogP contribution in [0, 0.1) is 0 Å². The van der Waals surface area contributed by atoms with Crippen molar-refractivity contribution in [2.45, 2.75) is 42.5 Å². The lowest BCUT2D eigenvalue weighted by atomic mass is 10.2. The maximum atomic E-state index is 12.7.